The summed E-state index contributed by atoms with van der Waals surface area (Å²) in [6.07, 6.45) is 0.744. The molecule has 1 heterocycles. The third kappa shape index (κ3) is 7.29. The van der Waals surface area contributed by atoms with E-state index < -0.39 is 11.6 Å². The number of benzene rings is 2. The molecule has 5 nitrogen and oxygen atoms in total. The summed E-state index contributed by atoms with van der Waals surface area (Å²) in [6.45, 7) is 6.76. The molecule has 1 fully saturated rings. The van der Waals surface area contributed by atoms with Gasteiger partial charge in [-0.05, 0) is 31.0 Å². The van der Waals surface area contributed by atoms with Crippen molar-refractivity contribution in [3.8, 4) is 5.75 Å². The van der Waals surface area contributed by atoms with Crippen molar-refractivity contribution in [3.63, 3.8) is 0 Å². The minimum Gasteiger partial charge on any atom is -0.491 e. The number of amides is 1. The van der Waals surface area contributed by atoms with Crippen LogP contribution >= 0.6 is 0 Å². The van der Waals surface area contributed by atoms with Gasteiger partial charge in [-0.2, -0.15) is 0 Å². The molecular weight excluding hydrogens is 402 g/mol. The molecule has 0 saturated carbocycles. The molecule has 2 aromatic carbocycles. The van der Waals surface area contributed by atoms with E-state index in [0.29, 0.717) is 19.4 Å². The zero-order valence-electron chi connectivity index (χ0n) is 17.9. The van der Waals surface area contributed by atoms with Gasteiger partial charge in [0.05, 0.1) is 19.8 Å². The lowest BCUT2D eigenvalue weighted by atomic mass is 10.1. The average molecular weight is 433 g/mol. The molecule has 0 radical (unpaired) electrons. The Bertz CT molecular complexity index is 829. The van der Waals surface area contributed by atoms with Gasteiger partial charge in [0.15, 0.2) is 11.6 Å². The normalized spacial score (nSPS) is 15.5. The van der Waals surface area contributed by atoms with E-state index >= 15 is 0 Å². The number of halogens is 2. The Labute approximate surface area is 182 Å². The van der Waals surface area contributed by atoms with E-state index in [0.717, 1.165) is 50.5 Å². The zero-order chi connectivity index (χ0) is 22.1. The predicted molar refractivity (Wildman–Crippen MR) is 115 cm³/mol. The molecule has 0 N–H and O–H groups in total. The van der Waals surface area contributed by atoms with Crippen LogP contribution in [-0.2, 0) is 16.1 Å². The van der Waals surface area contributed by atoms with Crippen LogP contribution in [0.25, 0.3) is 0 Å². The molecule has 0 bridgehead atoms. The van der Waals surface area contributed by atoms with Gasteiger partial charge in [-0.3, -0.25) is 9.69 Å². The van der Waals surface area contributed by atoms with Crippen molar-refractivity contribution < 1.29 is 23.0 Å². The number of ether oxygens (including phenoxy) is 2. The van der Waals surface area contributed by atoms with E-state index in [2.05, 4.69) is 11.8 Å². The summed E-state index contributed by atoms with van der Waals surface area (Å²) in [6, 6.07) is 13.2. The lowest BCUT2D eigenvalue weighted by Gasteiger charge is -2.35. The van der Waals surface area contributed by atoms with Crippen molar-refractivity contribution in [2.75, 3.05) is 39.5 Å². The molecule has 1 unspecified atom stereocenters. The smallest absolute Gasteiger partial charge is 0.223 e. The van der Waals surface area contributed by atoms with Crippen LogP contribution in [0.4, 0.5) is 8.78 Å². The number of carbonyl (C=O) groups excluding carboxylic acids is 1. The van der Waals surface area contributed by atoms with Gasteiger partial charge < -0.3 is 14.4 Å². The van der Waals surface area contributed by atoms with Gasteiger partial charge >= 0.3 is 0 Å². The van der Waals surface area contributed by atoms with E-state index in [4.69, 9.17) is 9.47 Å². The quantitative estimate of drug-likeness (QED) is 0.535. The Morgan fingerprint density at radius 2 is 1.90 bits per heavy atom. The number of hydrogen-bond donors (Lipinski definition) is 0. The fourth-order valence-corrected chi connectivity index (χ4v) is 3.67. The van der Waals surface area contributed by atoms with Crippen molar-refractivity contribution in [2.45, 2.75) is 32.4 Å². The SMILES string of the molecule is CC(CN1CCOCC1)N(Cc1ccccc1)C(=O)CCCOc1ccc(F)cc1F. The van der Waals surface area contributed by atoms with Crippen molar-refractivity contribution in [2.24, 2.45) is 0 Å². The Kier molecular flexibility index (Phi) is 8.79. The Hall–Kier alpha value is -2.51. The second kappa shape index (κ2) is 11.8. The maximum Gasteiger partial charge on any atom is 0.223 e. The second-order valence-electron chi connectivity index (χ2n) is 7.80. The van der Waals surface area contributed by atoms with Crippen molar-refractivity contribution in [3.05, 3.63) is 65.7 Å². The van der Waals surface area contributed by atoms with Crippen molar-refractivity contribution in [1.29, 1.82) is 0 Å². The Morgan fingerprint density at radius 1 is 1.16 bits per heavy atom. The molecular formula is C24H30F2N2O3. The average Bonchev–Trinajstić information content (AvgIpc) is 2.77. The standard InChI is InChI=1S/C24H30F2N2O3/c1-19(17-27-11-14-30-15-12-27)28(18-20-6-3-2-4-7-20)24(29)8-5-13-31-23-10-9-21(25)16-22(23)26/h2-4,6-7,9-10,16,19H,5,8,11-15,17-18H2,1H3. The molecule has 1 aliphatic heterocycles. The Morgan fingerprint density at radius 3 is 2.61 bits per heavy atom. The maximum absolute atomic E-state index is 13.7. The first-order valence-corrected chi connectivity index (χ1v) is 10.7. The molecule has 1 atom stereocenters. The first-order chi connectivity index (χ1) is 15.0. The van der Waals surface area contributed by atoms with E-state index in [-0.39, 0.29) is 24.3 Å². The van der Waals surface area contributed by atoms with Crippen LogP contribution in [0.1, 0.15) is 25.3 Å². The van der Waals surface area contributed by atoms with Crippen molar-refractivity contribution in [1.82, 2.24) is 9.80 Å². The molecule has 0 aliphatic carbocycles. The molecule has 31 heavy (non-hydrogen) atoms. The van der Waals surface area contributed by atoms with Gasteiger partial charge in [0.1, 0.15) is 5.82 Å². The zero-order valence-corrected chi connectivity index (χ0v) is 17.9. The lowest BCUT2D eigenvalue weighted by Crippen LogP contribution is -2.48. The first kappa shape index (κ1) is 23.2. The fourth-order valence-electron chi connectivity index (χ4n) is 3.67. The molecule has 168 valence electrons. The molecule has 2 aromatic rings. The third-order valence-electron chi connectivity index (χ3n) is 5.36. The minimum atomic E-state index is -0.740. The summed E-state index contributed by atoms with van der Waals surface area (Å²) in [5.41, 5.74) is 1.08. The third-order valence-corrected chi connectivity index (χ3v) is 5.36. The largest absolute Gasteiger partial charge is 0.491 e. The van der Waals surface area contributed by atoms with Gasteiger partial charge in [0.2, 0.25) is 5.91 Å². The first-order valence-electron chi connectivity index (χ1n) is 10.7. The van der Waals surface area contributed by atoms with Crippen LogP contribution in [0.2, 0.25) is 0 Å². The minimum absolute atomic E-state index is 0.00400. The maximum atomic E-state index is 13.7. The van der Waals surface area contributed by atoms with Gasteiger partial charge in [-0.1, -0.05) is 30.3 Å². The van der Waals surface area contributed by atoms with Gasteiger partial charge in [0, 0.05) is 44.7 Å². The summed E-state index contributed by atoms with van der Waals surface area (Å²) in [5, 5.41) is 0. The van der Waals surface area contributed by atoms with Crippen LogP contribution < -0.4 is 4.74 Å². The number of hydrogen-bond acceptors (Lipinski definition) is 4. The monoisotopic (exact) mass is 432 g/mol. The molecule has 1 amide bonds. The highest BCUT2D eigenvalue weighted by atomic mass is 19.1. The van der Waals surface area contributed by atoms with Crippen LogP contribution in [0.5, 0.6) is 5.75 Å². The van der Waals surface area contributed by atoms with Gasteiger partial charge in [-0.15, -0.1) is 0 Å². The molecule has 0 aromatic heterocycles. The number of morpholine rings is 1. The highest BCUT2D eigenvalue weighted by Crippen LogP contribution is 2.18. The summed E-state index contributed by atoms with van der Waals surface area (Å²) < 4.78 is 37.5. The van der Waals surface area contributed by atoms with Crippen LogP contribution in [0, 0.1) is 11.6 Å². The van der Waals surface area contributed by atoms with Gasteiger partial charge in [0.25, 0.3) is 0 Å². The summed E-state index contributed by atoms with van der Waals surface area (Å²) in [5.74, 6) is -1.36. The van der Waals surface area contributed by atoms with Crippen LogP contribution in [0.15, 0.2) is 48.5 Å². The molecule has 0 spiro atoms. The number of carbonyl (C=O) groups is 1. The van der Waals surface area contributed by atoms with Crippen LogP contribution in [0.3, 0.4) is 0 Å². The second-order valence-corrected chi connectivity index (χ2v) is 7.80. The van der Waals surface area contributed by atoms with E-state index in [1.165, 1.54) is 6.07 Å². The lowest BCUT2D eigenvalue weighted by molar-refractivity contribution is -0.134. The fraction of sp³-hybridized carbons (Fsp3) is 0.458. The Balaban J connectivity index is 1.55. The number of nitrogens with zero attached hydrogens (tertiary/aromatic N) is 2. The molecule has 7 heteroatoms. The van der Waals surface area contributed by atoms with E-state index in [9.17, 15) is 13.6 Å². The molecule has 3 rings (SSSR count). The highest BCUT2D eigenvalue weighted by Gasteiger charge is 2.23. The van der Waals surface area contributed by atoms with Gasteiger partial charge in [-0.25, -0.2) is 8.78 Å². The summed E-state index contributed by atoms with van der Waals surface area (Å²) in [7, 11) is 0. The predicted octanol–water partition coefficient (Wildman–Crippen LogP) is 3.87. The summed E-state index contributed by atoms with van der Waals surface area (Å²) >= 11 is 0. The number of rotatable bonds is 10. The van der Waals surface area contributed by atoms with E-state index in [1.807, 2.05) is 35.2 Å². The molecule has 1 saturated heterocycles. The summed E-state index contributed by atoms with van der Waals surface area (Å²) in [4.78, 5) is 17.3. The topological polar surface area (TPSA) is 42.0 Å². The van der Waals surface area contributed by atoms with Crippen molar-refractivity contribution >= 4 is 5.91 Å². The molecule has 1 aliphatic rings. The highest BCUT2D eigenvalue weighted by molar-refractivity contribution is 5.76. The van der Waals surface area contributed by atoms with E-state index in [1.54, 1.807) is 0 Å². The van der Waals surface area contributed by atoms with Crippen LogP contribution in [-0.4, -0.2) is 61.2 Å².